The summed E-state index contributed by atoms with van der Waals surface area (Å²) in [5.41, 5.74) is 2.02. The summed E-state index contributed by atoms with van der Waals surface area (Å²) in [6.07, 6.45) is 0. The summed E-state index contributed by atoms with van der Waals surface area (Å²) in [6.45, 7) is 2.76. The average molecular weight is 395 g/mol. The smallest absolute Gasteiger partial charge is 0.310 e. The van der Waals surface area contributed by atoms with Crippen molar-refractivity contribution in [1.29, 1.82) is 0 Å². The molecule has 3 nitrogen and oxygen atoms in total. The molecule has 1 unspecified atom stereocenters. The summed E-state index contributed by atoms with van der Waals surface area (Å²) in [6, 6.07) is 17.8. The van der Waals surface area contributed by atoms with Crippen LogP contribution in [0.1, 0.15) is 12.5 Å². The Balaban J connectivity index is 1.76. The van der Waals surface area contributed by atoms with Crippen LogP contribution in [0.4, 0.5) is 5.69 Å². The third kappa shape index (κ3) is 5.38. The van der Waals surface area contributed by atoms with E-state index < -0.39 is 0 Å². The van der Waals surface area contributed by atoms with Crippen molar-refractivity contribution in [2.75, 3.05) is 11.9 Å². The Morgan fingerprint density at radius 1 is 1.14 bits per heavy atom. The second kappa shape index (κ2) is 8.02. The van der Waals surface area contributed by atoms with E-state index in [0.29, 0.717) is 13.2 Å². The highest BCUT2D eigenvalue weighted by molar-refractivity contribution is 14.1. The topological polar surface area (TPSA) is 38.3 Å². The van der Waals surface area contributed by atoms with Crippen LogP contribution in [-0.2, 0) is 16.1 Å². The molecule has 0 heterocycles. The molecule has 0 saturated carbocycles. The summed E-state index contributed by atoms with van der Waals surface area (Å²) >= 11 is 2.26. The molecule has 0 bridgehead atoms. The highest BCUT2D eigenvalue weighted by atomic mass is 127. The van der Waals surface area contributed by atoms with E-state index >= 15 is 0 Å². The summed E-state index contributed by atoms with van der Waals surface area (Å²) in [5.74, 6) is -0.371. The predicted molar refractivity (Wildman–Crippen MR) is 93.1 cm³/mol. The maximum absolute atomic E-state index is 11.9. The van der Waals surface area contributed by atoms with Gasteiger partial charge in [-0.15, -0.1) is 0 Å². The van der Waals surface area contributed by atoms with Crippen molar-refractivity contribution in [3.8, 4) is 0 Å². The van der Waals surface area contributed by atoms with Crippen LogP contribution in [0.5, 0.6) is 0 Å². The Morgan fingerprint density at radius 3 is 2.48 bits per heavy atom. The summed E-state index contributed by atoms with van der Waals surface area (Å²) in [5, 5.41) is 3.25. The van der Waals surface area contributed by atoms with Crippen LogP contribution in [0.2, 0.25) is 0 Å². The van der Waals surface area contributed by atoms with Crippen molar-refractivity contribution < 1.29 is 9.53 Å². The highest BCUT2D eigenvalue weighted by Gasteiger charge is 2.14. The molecule has 0 fully saturated rings. The minimum absolute atomic E-state index is 0.183. The summed E-state index contributed by atoms with van der Waals surface area (Å²) in [4.78, 5) is 11.9. The molecule has 1 N–H and O–H groups in total. The summed E-state index contributed by atoms with van der Waals surface area (Å²) in [7, 11) is 0. The number of nitrogens with one attached hydrogen (secondary N) is 1. The monoisotopic (exact) mass is 395 g/mol. The lowest BCUT2D eigenvalue weighted by Crippen LogP contribution is -2.22. The molecule has 110 valence electrons. The number of esters is 1. The van der Waals surface area contributed by atoms with Gasteiger partial charge in [0, 0.05) is 15.8 Å². The van der Waals surface area contributed by atoms with Gasteiger partial charge in [-0.3, -0.25) is 4.79 Å². The van der Waals surface area contributed by atoms with Crippen molar-refractivity contribution >= 4 is 34.2 Å². The van der Waals surface area contributed by atoms with E-state index in [1.54, 1.807) is 0 Å². The fraction of sp³-hybridized carbons (Fsp3) is 0.235. The van der Waals surface area contributed by atoms with Gasteiger partial charge in [0.15, 0.2) is 0 Å². The molecule has 1 atom stereocenters. The van der Waals surface area contributed by atoms with E-state index in [0.717, 1.165) is 11.3 Å². The van der Waals surface area contributed by atoms with Gasteiger partial charge in [0.05, 0.1) is 5.92 Å². The molecule has 4 heteroatoms. The van der Waals surface area contributed by atoms with Gasteiger partial charge in [0.25, 0.3) is 0 Å². The van der Waals surface area contributed by atoms with Crippen LogP contribution in [0.15, 0.2) is 54.6 Å². The Labute approximate surface area is 138 Å². The fourth-order valence-corrected chi connectivity index (χ4v) is 2.15. The van der Waals surface area contributed by atoms with Crippen LogP contribution in [0, 0.1) is 9.49 Å². The third-order valence-electron chi connectivity index (χ3n) is 3.08. The molecule has 2 aromatic carbocycles. The first-order chi connectivity index (χ1) is 10.1. The molecule has 0 aliphatic rings. The molecular formula is C17H18INO2. The number of anilines is 1. The molecule has 0 radical (unpaired) electrons. The summed E-state index contributed by atoms with van der Waals surface area (Å²) < 4.78 is 6.51. The van der Waals surface area contributed by atoms with Crippen LogP contribution >= 0.6 is 22.6 Å². The number of benzene rings is 2. The van der Waals surface area contributed by atoms with Gasteiger partial charge in [-0.1, -0.05) is 37.3 Å². The molecule has 0 spiro atoms. The normalized spacial score (nSPS) is 11.7. The lowest BCUT2D eigenvalue weighted by molar-refractivity contribution is -0.148. The van der Waals surface area contributed by atoms with Crippen molar-refractivity contribution in [3.63, 3.8) is 0 Å². The molecular weight excluding hydrogens is 377 g/mol. The molecule has 0 aliphatic heterocycles. The number of carbonyl (C=O) groups excluding carboxylic acids is 1. The van der Waals surface area contributed by atoms with Crippen molar-refractivity contribution in [3.05, 3.63) is 63.7 Å². The number of carbonyl (C=O) groups is 1. The van der Waals surface area contributed by atoms with Crippen molar-refractivity contribution in [1.82, 2.24) is 0 Å². The molecule has 2 rings (SSSR count). The Bertz CT molecular complexity index is 569. The first kappa shape index (κ1) is 15.8. The fourth-order valence-electron chi connectivity index (χ4n) is 1.79. The quantitative estimate of drug-likeness (QED) is 0.592. The average Bonchev–Trinajstić information content (AvgIpc) is 2.52. The predicted octanol–water partition coefficient (Wildman–Crippen LogP) is 4.08. The zero-order valence-electron chi connectivity index (χ0n) is 11.9. The number of rotatable bonds is 6. The molecule has 0 aromatic heterocycles. The first-order valence-corrected chi connectivity index (χ1v) is 7.93. The molecule has 0 aliphatic carbocycles. The van der Waals surface area contributed by atoms with Crippen LogP contribution < -0.4 is 5.32 Å². The SMILES string of the molecule is CC(CNc1ccc(I)cc1)C(=O)OCc1ccccc1. The lowest BCUT2D eigenvalue weighted by Gasteiger charge is -2.13. The van der Waals surface area contributed by atoms with Crippen LogP contribution in [0.3, 0.4) is 0 Å². The lowest BCUT2D eigenvalue weighted by atomic mass is 10.2. The highest BCUT2D eigenvalue weighted by Crippen LogP contribution is 2.12. The second-order valence-electron chi connectivity index (χ2n) is 4.88. The van der Waals surface area contributed by atoms with Gasteiger partial charge in [-0.25, -0.2) is 0 Å². The molecule has 0 amide bonds. The first-order valence-electron chi connectivity index (χ1n) is 6.85. The zero-order valence-corrected chi connectivity index (χ0v) is 14.0. The standard InChI is InChI=1S/C17H18INO2/c1-13(11-19-16-9-7-15(18)8-10-16)17(20)21-12-14-5-3-2-4-6-14/h2-10,13,19H,11-12H2,1H3. The van der Waals surface area contributed by atoms with Gasteiger partial charge in [-0.2, -0.15) is 0 Å². The molecule has 2 aromatic rings. The van der Waals surface area contributed by atoms with E-state index in [1.807, 2.05) is 61.5 Å². The van der Waals surface area contributed by atoms with Gasteiger partial charge in [-0.05, 0) is 52.4 Å². The van der Waals surface area contributed by atoms with E-state index in [1.165, 1.54) is 3.57 Å². The van der Waals surface area contributed by atoms with Gasteiger partial charge in [0.2, 0.25) is 0 Å². The van der Waals surface area contributed by atoms with Crippen molar-refractivity contribution in [2.24, 2.45) is 5.92 Å². The minimum atomic E-state index is -0.187. The van der Waals surface area contributed by atoms with Crippen LogP contribution in [0.25, 0.3) is 0 Å². The number of hydrogen-bond donors (Lipinski definition) is 1. The van der Waals surface area contributed by atoms with Gasteiger partial charge >= 0.3 is 5.97 Å². The largest absolute Gasteiger partial charge is 0.461 e. The Hall–Kier alpha value is -1.56. The maximum atomic E-state index is 11.9. The van der Waals surface area contributed by atoms with E-state index in [-0.39, 0.29) is 11.9 Å². The maximum Gasteiger partial charge on any atom is 0.310 e. The third-order valence-corrected chi connectivity index (χ3v) is 3.80. The second-order valence-corrected chi connectivity index (χ2v) is 6.13. The Morgan fingerprint density at radius 2 is 1.81 bits per heavy atom. The van der Waals surface area contributed by atoms with Gasteiger partial charge < -0.3 is 10.1 Å². The van der Waals surface area contributed by atoms with E-state index in [2.05, 4.69) is 27.9 Å². The van der Waals surface area contributed by atoms with Crippen molar-refractivity contribution in [2.45, 2.75) is 13.5 Å². The van der Waals surface area contributed by atoms with Crippen LogP contribution in [-0.4, -0.2) is 12.5 Å². The number of hydrogen-bond acceptors (Lipinski definition) is 3. The molecule has 0 saturated heterocycles. The zero-order chi connectivity index (χ0) is 15.1. The molecule has 21 heavy (non-hydrogen) atoms. The van der Waals surface area contributed by atoms with E-state index in [4.69, 9.17) is 4.74 Å². The number of halogens is 1. The Kier molecular flexibility index (Phi) is 6.04. The van der Waals surface area contributed by atoms with Gasteiger partial charge in [0.1, 0.15) is 6.61 Å². The minimum Gasteiger partial charge on any atom is -0.461 e. The van der Waals surface area contributed by atoms with E-state index in [9.17, 15) is 4.79 Å². The number of ether oxygens (including phenoxy) is 1.